The predicted molar refractivity (Wildman–Crippen MR) is 73.9 cm³/mol. The summed E-state index contributed by atoms with van der Waals surface area (Å²) >= 11 is 11.3. The van der Waals surface area contributed by atoms with E-state index in [2.05, 4.69) is 18.7 Å². The minimum absolute atomic E-state index is 0.0706. The summed E-state index contributed by atoms with van der Waals surface area (Å²) in [5.74, 6) is 0. The number of hydrogen-bond acceptors (Lipinski definition) is 2. The number of hydrogen-bond donors (Lipinski definition) is 1. The van der Waals surface area contributed by atoms with Crippen molar-refractivity contribution in [2.45, 2.75) is 19.9 Å². The first-order chi connectivity index (χ1) is 7.61. The predicted octanol–water partition coefficient (Wildman–Crippen LogP) is 3.01. The third kappa shape index (κ3) is 2.94. The molecule has 1 aromatic rings. The monoisotopic (exact) mass is 256 g/mol. The Hall–Kier alpha value is -0.640. The van der Waals surface area contributed by atoms with Crippen LogP contribution in [0.5, 0.6) is 0 Å². The first-order valence-electron chi connectivity index (χ1n) is 5.39. The molecule has 0 saturated carbocycles. The van der Waals surface area contributed by atoms with E-state index in [9.17, 15) is 0 Å². The second-order valence-corrected chi connectivity index (χ2v) is 4.43. The third-order valence-electron chi connectivity index (χ3n) is 2.65. The summed E-state index contributed by atoms with van der Waals surface area (Å²) in [6.45, 7) is 5.96. The van der Waals surface area contributed by atoms with Gasteiger partial charge in [0.25, 0.3) is 0 Å². The van der Waals surface area contributed by atoms with Gasteiger partial charge in [0, 0.05) is 5.02 Å². The molecule has 2 N–H and O–H groups in total. The molecule has 0 amide bonds. The molecule has 88 valence electrons. The fourth-order valence-corrected chi connectivity index (χ4v) is 2.33. The number of nitrogens with two attached hydrogens (primary N) is 1. The van der Waals surface area contributed by atoms with E-state index in [1.807, 2.05) is 24.3 Å². The lowest BCUT2D eigenvalue weighted by atomic mass is 10.1. The minimum Gasteiger partial charge on any atom is -0.392 e. The number of rotatable bonds is 5. The summed E-state index contributed by atoms with van der Waals surface area (Å²) in [6, 6.07) is 7.63. The molecular weight excluding hydrogens is 240 g/mol. The third-order valence-corrected chi connectivity index (χ3v) is 3.21. The second kappa shape index (κ2) is 6.18. The van der Waals surface area contributed by atoms with Crippen LogP contribution in [-0.4, -0.2) is 23.0 Å². The van der Waals surface area contributed by atoms with Gasteiger partial charge < -0.3 is 5.73 Å². The van der Waals surface area contributed by atoms with Crippen LogP contribution in [0.3, 0.4) is 0 Å². The minimum atomic E-state index is -0.0706. The average molecular weight is 257 g/mol. The molecule has 0 aromatic heterocycles. The molecule has 0 heterocycles. The summed E-state index contributed by atoms with van der Waals surface area (Å²) in [5.41, 5.74) is 6.81. The van der Waals surface area contributed by atoms with Gasteiger partial charge in [-0.2, -0.15) is 0 Å². The van der Waals surface area contributed by atoms with Gasteiger partial charge in [-0.25, -0.2) is 0 Å². The van der Waals surface area contributed by atoms with Crippen LogP contribution in [-0.2, 0) is 0 Å². The molecule has 1 rings (SSSR count). The molecular formula is C12H17ClN2S. The fourth-order valence-electron chi connectivity index (χ4n) is 1.82. The van der Waals surface area contributed by atoms with E-state index < -0.39 is 0 Å². The lowest BCUT2D eigenvalue weighted by Gasteiger charge is -2.29. The zero-order chi connectivity index (χ0) is 12.1. The van der Waals surface area contributed by atoms with E-state index in [4.69, 9.17) is 29.6 Å². The molecule has 1 aromatic carbocycles. The maximum absolute atomic E-state index is 6.18. The molecule has 2 nitrogen and oxygen atoms in total. The number of benzene rings is 1. The van der Waals surface area contributed by atoms with Crippen LogP contribution >= 0.6 is 23.8 Å². The van der Waals surface area contributed by atoms with Crippen molar-refractivity contribution < 1.29 is 0 Å². The van der Waals surface area contributed by atoms with Crippen LogP contribution in [0.2, 0.25) is 5.02 Å². The van der Waals surface area contributed by atoms with E-state index in [-0.39, 0.29) is 6.04 Å². The van der Waals surface area contributed by atoms with Crippen molar-refractivity contribution in [1.82, 2.24) is 4.90 Å². The molecule has 0 radical (unpaired) electrons. The number of thiocarbonyl (C=S) groups is 1. The fraction of sp³-hybridized carbons (Fsp3) is 0.417. The summed E-state index contributed by atoms with van der Waals surface area (Å²) < 4.78 is 0. The molecule has 0 spiro atoms. The van der Waals surface area contributed by atoms with Gasteiger partial charge in [-0.1, -0.05) is 55.9 Å². The summed E-state index contributed by atoms with van der Waals surface area (Å²) in [7, 11) is 0. The van der Waals surface area contributed by atoms with Crippen LogP contribution in [0.15, 0.2) is 24.3 Å². The van der Waals surface area contributed by atoms with Crippen LogP contribution in [0.1, 0.15) is 25.5 Å². The Morgan fingerprint density at radius 2 is 1.94 bits per heavy atom. The van der Waals surface area contributed by atoms with Crippen molar-refractivity contribution >= 4 is 28.8 Å². The molecule has 0 bridgehead atoms. The Labute approximate surface area is 107 Å². The van der Waals surface area contributed by atoms with Gasteiger partial charge in [0.1, 0.15) is 0 Å². The first-order valence-corrected chi connectivity index (χ1v) is 6.18. The largest absolute Gasteiger partial charge is 0.392 e. The molecule has 16 heavy (non-hydrogen) atoms. The molecule has 0 saturated heterocycles. The lowest BCUT2D eigenvalue weighted by Crippen LogP contribution is -2.36. The van der Waals surface area contributed by atoms with Crippen molar-refractivity contribution in [3.63, 3.8) is 0 Å². The molecule has 0 aliphatic heterocycles. The van der Waals surface area contributed by atoms with Crippen LogP contribution in [0.25, 0.3) is 0 Å². The highest BCUT2D eigenvalue weighted by Crippen LogP contribution is 2.27. The van der Waals surface area contributed by atoms with Gasteiger partial charge in [-0.15, -0.1) is 0 Å². The van der Waals surface area contributed by atoms with Crippen LogP contribution in [0.4, 0.5) is 0 Å². The molecule has 1 atom stereocenters. The summed E-state index contributed by atoms with van der Waals surface area (Å²) in [4.78, 5) is 2.67. The molecule has 0 aliphatic carbocycles. The maximum Gasteiger partial charge on any atom is 0.0948 e. The highest BCUT2D eigenvalue weighted by Gasteiger charge is 2.22. The maximum atomic E-state index is 6.18. The number of nitrogens with zero attached hydrogens (tertiary/aromatic N) is 1. The molecule has 0 fully saturated rings. The van der Waals surface area contributed by atoms with E-state index >= 15 is 0 Å². The highest BCUT2D eigenvalue weighted by molar-refractivity contribution is 7.80. The molecule has 4 heteroatoms. The Morgan fingerprint density at radius 3 is 2.38 bits per heavy atom. The van der Waals surface area contributed by atoms with Crippen molar-refractivity contribution in [2.75, 3.05) is 13.1 Å². The van der Waals surface area contributed by atoms with Gasteiger partial charge in [-0.3, -0.25) is 4.90 Å². The van der Waals surface area contributed by atoms with Gasteiger partial charge in [0.2, 0.25) is 0 Å². The van der Waals surface area contributed by atoms with E-state index in [1.165, 1.54) is 0 Å². The van der Waals surface area contributed by atoms with E-state index in [0.29, 0.717) is 10.0 Å². The Balaban J connectivity index is 3.12. The Bertz CT molecular complexity index is 364. The van der Waals surface area contributed by atoms with Gasteiger partial charge >= 0.3 is 0 Å². The van der Waals surface area contributed by atoms with E-state index in [1.54, 1.807) is 0 Å². The first kappa shape index (κ1) is 13.4. The quantitative estimate of drug-likeness (QED) is 0.822. The average Bonchev–Trinajstić information content (AvgIpc) is 2.27. The Morgan fingerprint density at radius 1 is 1.38 bits per heavy atom. The molecule has 0 aliphatic rings. The standard InChI is InChI=1S/C12H17ClN2S/c1-3-15(4-2)11(12(14)16)9-7-5-6-8-10(9)13/h5-8,11H,3-4H2,1-2H3,(H2,14,16). The van der Waals surface area contributed by atoms with E-state index in [0.717, 1.165) is 18.7 Å². The number of likely N-dealkylation sites (N-methyl/N-ethyl adjacent to an activating group) is 1. The molecule has 1 unspecified atom stereocenters. The number of halogens is 1. The highest BCUT2D eigenvalue weighted by atomic mass is 35.5. The Kier molecular flexibility index (Phi) is 5.19. The summed E-state index contributed by atoms with van der Waals surface area (Å²) in [6.07, 6.45) is 0. The normalized spacial score (nSPS) is 12.8. The van der Waals surface area contributed by atoms with Crippen molar-refractivity contribution in [1.29, 1.82) is 0 Å². The lowest BCUT2D eigenvalue weighted by molar-refractivity contribution is 0.272. The van der Waals surface area contributed by atoms with Crippen LogP contribution in [0, 0.1) is 0 Å². The van der Waals surface area contributed by atoms with Crippen molar-refractivity contribution in [2.24, 2.45) is 5.73 Å². The van der Waals surface area contributed by atoms with Crippen LogP contribution < -0.4 is 5.73 Å². The zero-order valence-electron chi connectivity index (χ0n) is 9.61. The SMILES string of the molecule is CCN(CC)C(C(N)=S)c1ccccc1Cl. The zero-order valence-corrected chi connectivity index (χ0v) is 11.2. The van der Waals surface area contributed by atoms with Crippen molar-refractivity contribution in [3.8, 4) is 0 Å². The summed E-state index contributed by atoms with van der Waals surface area (Å²) in [5, 5.41) is 0.715. The van der Waals surface area contributed by atoms with Gasteiger partial charge in [0.15, 0.2) is 0 Å². The van der Waals surface area contributed by atoms with Crippen molar-refractivity contribution in [3.05, 3.63) is 34.9 Å². The second-order valence-electron chi connectivity index (χ2n) is 3.55. The van der Waals surface area contributed by atoms with Gasteiger partial charge in [0.05, 0.1) is 11.0 Å². The topological polar surface area (TPSA) is 29.3 Å². The van der Waals surface area contributed by atoms with Gasteiger partial charge in [-0.05, 0) is 24.7 Å². The smallest absolute Gasteiger partial charge is 0.0948 e.